The van der Waals surface area contributed by atoms with Gasteiger partial charge in [-0.2, -0.15) is 0 Å². The van der Waals surface area contributed by atoms with Crippen LogP contribution < -0.4 is 4.74 Å². The zero-order chi connectivity index (χ0) is 16.1. The molecule has 0 unspecified atom stereocenters. The molecule has 0 saturated carbocycles. The number of carboxylic acids is 1. The van der Waals surface area contributed by atoms with Gasteiger partial charge in [0.15, 0.2) is 0 Å². The predicted octanol–water partition coefficient (Wildman–Crippen LogP) is 2.34. The van der Waals surface area contributed by atoms with Crippen LogP contribution in [0.3, 0.4) is 0 Å². The standard InChI is InChI=1S/C17H23NO4/c1-12(2)22-15-6-4-3-5-14(15)11-16(19)18-9-7-13(8-10-18)17(20)21/h3-6,12-13H,7-11H2,1-2H3,(H,20,21). The summed E-state index contributed by atoms with van der Waals surface area (Å²) in [6, 6.07) is 7.56. The van der Waals surface area contributed by atoms with E-state index in [0.717, 1.165) is 11.3 Å². The van der Waals surface area contributed by atoms with Gasteiger partial charge >= 0.3 is 5.97 Å². The number of rotatable bonds is 5. The summed E-state index contributed by atoms with van der Waals surface area (Å²) in [5.74, 6) is -0.307. The molecule has 1 fully saturated rings. The number of piperidine rings is 1. The Balaban J connectivity index is 1.97. The van der Waals surface area contributed by atoms with Gasteiger partial charge in [-0.15, -0.1) is 0 Å². The highest BCUT2D eigenvalue weighted by atomic mass is 16.5. The van der Waals surface area contributed by atoms with Crippen molar-refractivity contribution in [2.24, 2.45) is 5.92 Å². The van der Waals surface area contributed by atoms with E-state index in [0.29, 0.717) is 32.4 Å². The van der Waals surface area contributed by atoms with Crippen molar-refractivity contribution in [1.82, 2.24) is 4.90 Å². The smallest absolute Gasteiger partial charge is 0.306 e. The zero-order valence-electron chi connectivity index (χ0n) is 13.1. The third-order valence-electron chi connectivity index (χ3n) is 3.87. The summed E-state index contributed by atoms with van der Waals surface area (Å²) in [5, 5.41) is 9.00. The maximum absolute atomic E-state index is 12.4. The van der Waals surface area contributed by atoms with Crippen LogP contribution in [0.25, 0.3) is 0 Å². The summed E-state index contributed by atoms with van der Waals surface area (Å²) in [7, 11) is 0. The highest BCUT2D eigenvalue weighted by Crippen LogP contribution is 2.22. The van der Waals surface area contributed by atoms with Crippen LogP contribution in [-0.2, 0) is 16.0 Å². The van der Waals surface area contributed by atoms with E-state index in [2.05, 4.69) is 0 Å². The number of aliphatic carboxylic acids is 1. The van der Waals surface area contributed by atoms with Crippen LogP contribution in [0, 0.1) is 5.92 Å². The molecule has 0 spiro atoms. The van der Waals surface area contributed by atoms with Gasteiger partial charge in [0.2, 0.25) is 5.91 Å². The quantitative estimate of drug-likeness (QED) is 0.906. The first-order valence-corrected chi connectivity index (χ1v) is 7.72. The summed E-state index contributed by atoms with van der Waals surface area (Å²) in [6.45, 7) is 4.94. The highest BCUT2D eigenvalue weighted by Gasteiger charge is 2.27. The van der Waals surface area contributed by atoms with Crippen molar-refractivity contribution >= 4 is 11.9 Å². The van der Waals surface area contributed by atoms with E-state index in [1.54, 1.807) is 4.90 Å². The number of carboxylic acid groups (broad SMARTS) is 1. The molecule has 1 aliphatic heterocycles. The van der Waals surface area contributed by atoms with Crippen LogP contribution in [0.15, 0.2) is 24.3 Å². The van der Waals surface area contributed by atoms with Crippen LogP contribution in [-0.4, -0.2) is 41.1 Å². The minimum absolute atomic E-state index is 0.0312. The molecule has 1 aliphatic rings. The first kappa shape index (κ1) is 16.3. The molecule has 0 radical (unpaired) electrons. The lowest BCUT2D eigenvalue weighted by Gasteiger charge is -2.30. The molecule has 22 heavy (non-hydrogen) atoms. The van der Waals surface area contributed by atoms with Gasteiger partial charge in [-0.3, -0.25) is 9.59 Å². The van der Waals surface area contributed by atoms with Gasteiger partial charge < -0.3 is 14.7 Å². The molecular weight excluding hydrogens is 282 g/mol. The van der Waals surface area contributed by atoms with E-state index in [1.165, 1.54) is 0 Å². The van der Waals surface area contributed by atoms with E-state index in [4.69, 9.17) is 9.84 Å². The van der Waals surface area contributed by atoms with E-state index >= 15 is 0 Å². The summed E-state index contributed by atoms with van der Waals surface area (Å²) < 4.78 is 5.73. The average Bonchev–Trinajstić information content (AvgIpc) is 2.48. The van der Waals surface area contributed by atoms with E-state index < -0.39 is 5.97 Å². The number of benzene rings is 1. The Labute approximate surface area is 130 Å². The molecule has 0 atom stereocenters. The highest BCUT2D eigenvalue weighted by molar-refractivity contribution is 5.80. The van der Waals surface area contributed by atoms with Crippen LogP contribution in [0.2, 0.25) is 0 Å². The molecule has 0 bridgehead atoms. The Morgan fingerprint density at radius 2 is 1.91 bits per heavy atom. The number of nitrogens with zero attached hydrogens (tertiary/aromatic N) is 1. The normalized spacial score (nSPS) is 15.9. The van der Waals surface area contributed by atoms with Gasteiger partial charge in [-0.1, -0.05) is 18.2 Å². The third-order valence-corrected chi connectivity index (χ3v) is 3.87. The fraction of sp³-hybridized carbons (Fsp3) is 0.529. The number of likely N-dealkylation sites (tertiary alicyclic amines) is 1. The Kier molecular flexibility index (Phi) is 5.41. The average molecular weight is 305 g/mol. The molecule has 0 aromatic heterocycles. The zero-order valence-corrected chi connectivity index (χ0v) is 13.1. The summed E-state index contributed by atoms with van der Waals surface area (Å²) in [6.07, 6.45) is 1.42. The third kappa shape index (κ3) is 4.23. The van der Waals surface area contributed by atoms with Gasteiger partial charge in [0.05, 0.1) is 18.4 Å². The second kappa shape index (κ2) is 7.29. The van der Waals surface area contributed by atoms with Gasteiger partial charge in [0.25, 0.3) is 0 Å². The molecule has 5 heteroatoms. The first-order chi connectivity index (χ1) is 10.5. The van der Waals surface area contributed by atoms with Gasteiger partial charge in [-0.25, -0.2) is 0 Å². The molecule has 1 saturated heterocycles. The number of hydrogen-bond donors (Lipinski definition) is 1. The molecule has 1 N–H and O–H groups in total. The van der Waals surface area contributed by atoms with Crippen molar-refractivity contribution in [2.45, 2.75) is 39.2 Å². The molecule has 1 aromatic carbocycles. The number of para-hydroxylation sites is 1. The summed E-state index contributed by atoms with van der Waals surface area (Å²) >= 11 is 0. The van der Waals surface area contributed by atoms with Crippen LogP contribution in [0.1, 0.15) is 32.3 Å². The van der Waals surface area contributed by atoms with Crippen LogP contribution in [0.5, 0.6) is 5.75 Å². The number of hydrogen-bond acceptors (Lipinski definition) is 3. The topological polar surface area (TPSA) is 66.8 Å². The van der Waals surface area contributed by atoms with E-state index in [-0.39, 0.29) is 17.9 Å². The molecule has 0 aliphatic carbocycles. The van der Waals surface area contributed by atoms with E-state index in [9.17, 15) is 9.59 Å². The van der Waals surface area contributed by atoms with Gasteiger partial charge in [0.1, 0.15) is 5.75 Å². The molecule has 1 heterocycles. The summed E-state index contributed by atoms with van der Waals surface area (Å²) in [4.78, 5) is 25.1. The number of carbonyl (C=O) groups is 2. The van der Waals surface area contributed by atoms with Crippen LogP contribution in [0.4, 0.5) is 0 Å². The van der Waals surface area contributed by atoms with Crippen molar-refractivity contribution in [3.63, 3.8) is 0 Å². The molecule has 120 valence electrons. The lowest BCUT2D eigenvalue weighted by atomic mass is 9.96. The number of carbonyl (C=O) groups excluding carboxylic acids is 1. The predicted molar refractivity (Wildman–Crippen MR) is 82.8 cm³/mol. The van der Waals surface area contributed by atoms with Crippen molar-refractivity contribution in [3.05, 3.63) is 29.8 Å². The van der Waals surface area contributed by atoms with Crippen molar-refractivity contribution in [1.29, 1.82) is 0 Å². The van der Waals surface area contributed by atoms with Gasteiger partial charge in [-0.05, 0) is 32.8 Å². The van der Waals surface area contributed by atoms with Gasteiger partial charge in [0, 0.05) is 18.7 Å². The second-order valence-corrected chi connectivity index (χ2v) is 5.94. The number of amides is 1. The molecule has 2 rings (SSSR count). The summed E-state index contributed by atoms with van der Waals surface area (Å²) in [5.41, 5.74) is 0.876. The minimum atomic E-state index is -0.761. The van der Waals surface area contributed by atoms with Crippen molar-refractivity contribution < 1.29 is 19.4 Å². The lowest BCUT2D eigenvalue weighted by Crippen LogP contribution is -2.41. The Morgan fingerprint density at radius 1 is 1.27 bits per heavy atom. The van der Waals surface area contributed by atoms with E-state index in [1.807, 2.05) is 38.1 Å². The lowest BCUT2D eigenvalue weighted by molar-refractivity contribution is -0.145. The fourth-order valence-electron chi connectivity index (χ4n) is 2.67. The molecule has 1 amide bonds. The Hall–Kier alpha value is -2.04. The second-order valence-electron chi connectivity index (χ2n) is 5.94. The Bertz CT molecular complexity index is 533. The largest absolute Gasteiger partial charge is 0.491 e. The SMILES string of the molecule is CC(C)Oc1ccccc1CC(=O)N1CCC(C(=O)O)CC1. The van der Waals surface area contributed by atoms with Crippen LogP contribution >= 0.6 is 0 Å². The first-order valence-electron chi connectivity index (χ1n) is 7.72. The monoisotopic (exact) mass is 305 g/mol. The maximum Gasteiger partial charge on any atom is 0.306 e. The number of ether oxygens (including phenoxy) is 1. The Morgan fingerprint density at radius 3 is 2.50 bits per heavy atom. The fourth-order valence-corrected chi connectivity index (χ4v) is 2.67. The molecule has 1 aromatic rings. The maximum atomic E-state index is 12.4. The van der Waals surface area contributed by atoms with Crippen molar-refractivity contribution in [3.8, 4) is 5.75 Å². The minimum Gasteiger partial charge on any atom is -0.491 e. The molecular formula is C17H23NO4. The molecule has 5 nitrogen and oxygen atoms in total. The van der Waals surface area contributed by atoms with Crippen molar-refractivity contribution in [2.75, 3.05) is 13.1 Å².